The number of halogens is 3. The maximum Gasteiger partial charge on any atom is 0.388 e. The average molecular weight is 532 g/mol. The maximum absolute atomic E-state index is 13.9. The molecule has 1 N–H and O–H groups in total. The van der Waals surface area contributed by atoms with E-state index < -0.39 is 23.2 Å². The third-order valence-corrected chi connectivity index (χ3v) is 8.01. The number of thioether (sulfide) groups is 1. The van der Waals surface area contributed by atoms with Gasteiger partial charge in [-0.05, 0) is 37.7 Å². The molecule has 0 spiro atoms. The number of alkyl halides is 2. The summed E-state index contributed by atoms with van der Waals surface area (Å²) >= 11 is 1.43. The number of hydrogen-bond donors (Lipinski definition) is 1. The lowest BCUT2D eigenvalue weighted by atomic mass is 9.69. The maximum atomic E-state index is 13.9. The number of carbonyl (C=O) groups is 1. The summed E-state index contributed by atoms with van der Waals surface area (Å²) in [5.74, 6) is -0.323. The molecule has 0 saturated carbocycles. The standard InChI is InChI=1S/C24H34F3N3O3S.C2H6/c1-6-7-24(22(31)32-5)9-16(14(2)3)11-30(13-24)12-19-15(4)29-21(34-19)18-8-17(25)10-28-20(18)33-23(26)27;1-2/h8,10,14,16,21,23,29H,6-7,9,11-13H2,1-5H3;1-2H3. The summed E-state index contributed by atoms with van der Waals surface area (Å²) in [7, 11) is 1.45. The molecule has 1 saturated heterocycles. The number of hydrogen-bond acceptors (Lipinski definition) is 7. The normalized spacial score (nSPS) is 24.4. The van der Waals surface area contributed by atoms with Crippen LogP contribution in [0.3, 0.4) is 0 Å². The fraction of sp³-hybridized carbons (Fsp3) is 0.692. The van der Waals surface area contributed by atoms with Crippen molar-refractivity contribution >= 4 is 17.7 Å². The number of nitrogens with one attached hydrogen (secondary N) is 1. The van der Waals surface area contributed by atoms with E-state index in [1.165, 1.54) is 24.9 Å². The van der Waals surface area contributed by atoms with Gasteiger partial charge in [-0.15, -0.1) is 0 Å². The Labute approximate surface area is 217 Å². The molecule has 0 radical (unpaired) electrons. The van der Waals surface area contributed by atoms with Gasteiger partial charge in [0, 0.05) is 30.2 Å². The number of nitrogens with zero attached hydrogens (tertiary/aromatic N) is 2. The topological polar surface area (TPSA) is 63.7 Å². The van der Waals surface area contributed by atoms with E-state index in [4.69, 9.17) is 4.74 Å². The van der Waals surface area contributed by atoms with Gasteiger partial charge in [0.2, 0.25) is 5.88 Å². The van der Waals surface area contributed by atoms with Crippen molar-refractivity contribution in [3.05, 3.63) is 34.2 Å². The lowest BCUT2D eigenvalue weighted by Gasteiger charge is -2.46. The Hall–Kier alpha value is -1.94. The Kier molecular flexibility index (Phi) is 11.4. The van der Waals surface area contributed by atoms with Gasteiger partial charge in [-0.25, -0.2) is 9.37 Å². The largest absolute Gasteiger partial charge is 0.469 e. The summed E-state index contributed by atoms with van der Waals surface area (Å²) < 4.78 is 49.3. The molecule has 3 unspecified atom stereocenters. The lowest BCUT2D eigenvalue weighted by molar-refractivity contribution is -0.159. The van der Waals surface area contributed by atoms with Gasteiger partial charge < -0.3 is 14.8 Å². The Balaban J connectivity index is 0.00000222. The second-order valence-electron chi connectivity index (χ2n) is 9.52. The molecular formula is C26H40F3N3O3S. The Bertz CT molecular complexity index is 916. The number of pyridine rings is 1. The molecule has 6 nitrogen and oxygen atoms in total. The molecule has 36 heavy (non-hydrogen) atoms. The number of carbonyl (C=O) groups excluding carboxylic acids is 1. The highest BCUT2D eigenvalue weighted by atomic mass is 32.2. The number of likely N-dealkylation sites (tertiary alicyclic amines) is 1. The van der Waals surface area contributed by atoms with E-state index >= 15 is 0 Å². The van der Waals surface area contributed by atoms with E-state index in [1.54, 1.807) is 0 Å². The van der Waals surface area contributed by atoms with Crippen molar-refractivity contribution in [2.75, 3.05) is 26.7 Å². The van der Waals surface area contributed by atoms with Crippen LogP contribution in [0.15, 0.2) is 22.9 Å². The quantitative estimate of drug-likeness (QED) is 0.373. The first-order valence-corrected chi connectivity index (χ1v) is 13.5. The summed E-state index contributed by atoms with van der Waals surface area (Å²) in [5.41, 5.74) is 0.563. The number of allylic oxidation sites excluding steroid dienone is 1. The van der Waals surface area contributed by atoms with Crippen molar-refractivity contribution < 1.29 is 27.4 Å². The molecule has 204 valence electrons. The third-order valence-electron chi connectivity index (χ3n) is 6.68. The molecule has 3 atom stereocenters. The Morgan fingerprint density at radius 3 is 2.64 bits per heavy atom. The summed E-state index contributed by atoms with van der Waals surface area (Å²) in [5, 5.41) is 2.76. The molecule has 2 aliphatic heterocycles. The zero-order chi connectivity index (χ0) is 27.0. The zero-order valence-corrected chi connectivity index (χ0v) is 23.2. The highest BCUT2D eigenvalue weighted by Crippen LogP contribution is 2.46. The van der Waals surface area contributed by atoms with Crippen molar-refractivity contribution in [2.24, 2.45) is 17.3 Å². The summed E-state index contributed by atoms with van der Waals surface area (Å²) in [4.78, 5) is 19.9. The van der Waals surface area contributed by atoms with Crippen molar-refractivity contribution in [1.82, 2.24) is 15.2 Å². The highest BCUT2D eigenvalue weighted by Gasteiger charge is 2.46. The number of ether oxygens (including phenoxy) is 2. The number of piperidine rings is 1. The number of aromatic nitrogens is 1. The first-order chi connectivity index (χ1) is 17.1. The molecule has 3 rings (SSSR count). The Morgan fingerprint density at radius 2 is 2.06 bits per heavy atom. The summed E-state index contributed by atoms with van der Waals surface area (Å²) in [6, 6.07) is 1.17. The van der Waals surface area contributed by atoms with Gasteiger partial charge in [0.1, 0.15) is 11.2 Å². The molecule has 0 amide bonds. The fourth-order valence-corrected chi connectivity index (χ4v) is 6.31. The van der Waals surface area contributed by atoms with Crippen LogP contribution < -0.4 is 10.1 Å². The van der Waals surface area contributed by atoms with E-state index in [9.17, 15) is 18.0 Å². The van der Waals surface area contributed by atoms with Crippen LogP contribution in [0.2, 0.25) is 0 Å². The molecule has 10 heteroatoms. The van der Waals surface area contributed by atoms with E-state index in [-0.39, 0.29) is 17.4 Å². The van der Waals surface area contributed by atoms with Crippen molar-refractivity contribution in [1.29, 1.82) is 0 Å². The molecule has 1 aromatic rings. The van der Waals surface area contributed by atoms with Crippen molar-refractivity contribution in [3.63, 3.8) is 0 Å². The zero-order valence-electron chi connectivity index (χ0n) is 22.4. The fourth-order valence-electron chi connectivity index (χ4n) is 5.00. The third kappa shape index (κ3) is 7.31. The number of rotatable bonds is 9. The second-order valence-corrected chi connectivity index (χ2v) is 10.7. The van der Waals surface area contributed by atoms with Gasteiger partial charge in [0.25, 0.3) is 0 Å². The van der Waals surface area contributed by atoms with Gasteiger partial charge >= 0.3 is 12.6 Å². The van der Waals surface area contributed by atoms with Crippen LogP contribution in [0.25, 0.3) is 0 Å². The van der Waals surface area contributed by atoms with Gasteiger partial charge in [0.15, 0.2) is 0 Å². The summed E-state index contributed by atoms with van der Waals surface area (Å²) in [6.45, 7) is 11.3. The smallest absolute Gasteiger partial charge is 0.388 e. The molecule has 1 fully saturated rings. The monoisotopic (exact) mass is 531 g/mol. The van der Waals surface area contributed by atoms with Gasteiger partial charge in [-0.1, -0.05) is 52.8 Å². The van der Waals surface area contributed by atoms with Crippen LogP contribution in [0, 0.1) is 23.1 Å². The minimum Gasteiger partial charge on any atom is -0.469 e. The predicted molar refractivity (Wildman–Crippen MR) is 137 cm³/mol. The predicted octanol–water partition coefficient (Wildman–Crippen LogP) is 6.35. The van der Waals surface area contributed by atoms with Crippen molar-refractivity contribution in [2.45, 2.75) is 72.8 Å². The first-order valence-electron chi connectivity index (χ1n) is 12.6. The molecular weight excluding hydrogens is 491 g/mol. The van der Waals surface area contributed by atoms with E-state index in [2.05, 4.69) is 40.7 Å². The van der Waals surface area contributed by atoms with Gasteiger partial charge in [-0.3, -0.25) is 9.69 Å². The first kappa shape index (κ1) is 30.3. The lowest BCUT2D eigenvalue weighted by Crippen LogP contribution is -2.52. The molecule has 0 aromatic carbocycles. The minimum absolute atomic E-state index is 0.162. The molecule has 2 aliphatic rings. The molecule has 0 aliphatic carbocycles. The Morgan fingerprint density at radius 1 is 1.36 bits per heavy atom. The van der Waals surface area contributed by atoms with Crippen LogP contribution in [0.4, 0.5) is 13.2 Å². The van der Waals surface area contributed by atoms with Crippen LogP contribution in [-0.4, -0.2) is 49.2 Å². The van der Waals surface area contributed by atoms with Crippen molar-refractivity contribution in [3.8, 4) is 5.88 Å². The average Bonchev–Trinajstić information content (AvgIpc) is 3.20. The molecule has 0 bridgehead atoms. The van der Waals surface area contributed by atoms with E-state index in [0.29, 0.717) is 24.9 Å². The molecule has 1 aromatic heterocycles. The van der Waals surface area contributed by atoms with Crippen LogP contribution >= 0.6 is 11.8 Å². The van der Waals surface area contributed by atoms with Gasteiger partial charge in [0.05, 0.1) is 24.3 Å². The second kappa shape index (κ2) is 13.6. The van der Waals surface area contributed by atoms with E-state index in [1.807, 2.05) is 20.8 Å². The van der Waals surface area contributed by atoms with E-state index in [0.717, 1.165) is 42.6 Å². The molecule has 3 heterocycles. The SMILES string of the molecule is CC.CCCC1(C(=O)OC)CC(C(C)C)CN(CC2=C(C)NC(c3cc(F)cnc3OC(F)F)S2)C1. The number of esters is 1. The van der Waals surface area contributed by atoms with Crippen LogP contribution in [0.1, 0.15) is 71.7 Å². The van der Waals surface area contributed by atoms with Crippen LogP contribution in [0.5, 0.6) is 5.88 Å². The highest BCUT2D eigenvalue weighted by molar-refractivity contribution is 8.03. The van der Waals surface area contributed by atoms with Crippen LogP contribution in [-0.2, 0) is 9.53 Å². The van der Waals surface area contributed by atoms with Gasteiger partial charge in [-0.2, -0.15) is 8.78 Å². The minimum atomic E-state index is -3.05. The summed E-state index contributed by atoms with van der Waals surface area (Å²) in [6.07, 6.45) is 3.31. The number of methoxy groups -OCH3 is 1.